The first kappa shape index (κ1) is 13.2. The van der Waals surface area contributed by atoms with E-state index < -0.39 is 0 Å². The molecule has 1 aliphatic rings. The first-order valence-electron chi connectivity index (χ1n) is 6.77. The molecule has 0 bridgehead atoms. The van der Waals surface area contributed by atoms with Gasteiger partial charge in [0.2, 0.25) is 0 Å². The first-order valence-corrected chi connectivity index (χ1v) is 7.58. The third-order valence-electron chi connectivity index (χ3n) is 3.50. The number of aryl methyl sites for hydroxylation is 3. The largest absolute Gasteiger partial charge is 0.344 e. The molecule has 0 spiro atoms. The fourth-order valence-corrected chi connectivity index (χ4v) is 3.26. The van der Waals surface area contributed by atoms with Gasteiger partial charge in [-0.3, -0.25) is 9.48 Å². The number of nitrogens with zero attached hydrogens (tertiary/aromatic N) is 4. The van der Waals surface area contributed by atoms with Gasteiger partial charge in [-0.2, -0.15) is 5.10 Å². The zero-order valence-corrected chi connectivity index (χ0v) is 12.5. The first-order chi connectivity index (χ1) is 9.65. The highest BCUT2D eigenvalue weighted by atomic mass is 32.1. The molecule has 1 amide bonds. The maximum atomic E-state index is 12.4. The predicted molar refractivity (Wildman–Crippen MR) is 75.7 cm³/mol. The number of carbonyl (C=O) groups is 1. The minimum atomic E-state index is -0.0731. The average molecular weight is 291 g/mol. The summed E-state index contributed by atoms with van der Waals surface area (Å²) in [4.78, 5) is 12.4. The topological polar surface area (TPSA) is 72.7 Å². The molecule has 2 heterocycles. The Morgan fingerprint density at radius 3 is 2.90 bits per heavy atom. The number of nitrogens with one attached hydrogen (secondary N) is 1. The molecule has 1 aliphatic carbocycles. The quantitative estimate of drug-likeness (QED) is 0.927. The number of hydrogen-bond donors (Lipinski definition) is 1. The van der Waals surface area contributed by atoms with E-state index in [2.05, 4.69) is 20.6 Å². The van der Waals surface area contributed by atoms with Crippen LogP contribution in [0.4, 0.5) is 0 Å². The lowest BCUT2D eigenvalue weighted by Crippen LogP contribution is -2.26. The zero-order chi connectivity index (χ0) is 14.1. The Morgan fingerprint density at radius 1 is 1.35 bits per heavy atom. The van der Waals surface area contributed by atoms with Gasteiger partial charge in [-0.25, -0.2) is 0 Å². The predicted octanol–water partition coefficient (Wildman–Crippen LogP) is 1.39. The van der Waals surface area contributed by atoms with E-state index in [0.29, 0.717) is 12.2 Å². The van der Waals surface area contributed by atoms with Crippen LogP contribution >= 0.6 is 11.3 Å². The molecule has 2 aromatic heterocycles. The molecule has 0 unspecified atom stereocenters. The maximum Gasteiger partial charge on any atom is 0.270 e. The van der Waals surface area contributed by atoms with E-state index >= 15 is 0 Å². The SMILES string of the molecule is Cc1nnc(CNC(=O)c2c3c(nn2C)CCCC3)s1. The van der Waals surface area contributed by atoms with Gasteiger partial charge in [-0.1, -0.05) is 11.3 Å². The van der Waals surface area contributed by atoms with Crippen molar-refractivity contribution in [1.29, 1.82) is 0 Å². The van der Waals surface area contributed by atoms with Crippen molar-refractivity contribution in [3.05, 3.63) is 27.0 Å². The molecule has 0 fully saturated rings. The number of fused-ring (bicyclic) bond motifs is 1. The number of carbonyl (C=O) groups excluding carboxylic acids is 1. The highest BCUT2D eigenvalue weighted by Gasteiger charge is 2.23. The molecule has 0 aromatic carbocycles. The van der Waals surface area contributed by atoms with Crippen molar-refractivity contribution >= 4 is 17.2 Å². The molecule has 0 aliphatic heterocycles. The molecular weight excluding hydrogens is 274 g/mol. The molecule has 7 heteroatoms. The zero-order valence-electron chi connectivity index (χ0n) is 11.6. The van der Waals surface area contributed by atoms with Gasteiger partial charge in [0.05, 0.1) is 12.2 Å². The molecule has 0 saturated heterocycles. The molecule has 0 atom stereocenters. The molecule has 20 heavy (non-hydrogen) atoms. The third kappa shape index (κ3) is 2.45. The van der Waals surface area contributed by atoms with Crippen molar-refractivity contribution in [3.63, 3.8) is 0 Å². The van der Waals surface area contributed by atoms with Gasteiger partial charge in [0, 0.05) is 12.6 Å². The summed E-state index contributed by atoms with van der Waals surface area (Å²) in [5.74, 6) is -0.0731. The van der Waals surface area contributed by atoms with E-state index in [4.69, 9.17) is 0 Å². The summed E-state index contributed by atoms with van der Waals surface area (Å²) in [5, 5.41) is 17.1. The van der Waals surface area contributed by atoms with E-state index in [-0.39, 0.29) is 5.91 Å². The Kier molecular flexibility index (Phi) is 3.52. The fourth-order valence-electron chi connectivity index (χ4n) is 2.61. The van der Waals surface area contributed by atoms with E-state index in [1.807, 2.05) is 14.0 Å². The van der Waals surface area contributed by atoms with Crippen LogP contribution in [-0.2, 0) is 26.4 Å². The summed E-state index contributed by atoms with van der Waals surface area (Å²) in [6.45, 7) is 2.32. The van der Waals surface area contributed by atoms with Crippen LogP contribution in [0.15, 0.2) is 0 Å². The van der Waals surface area contributed by atoms with Gasteiger partial charge in [-0.15, -0.1) is 10.2 Å². The van der Waals surface area contributed by atoms with Crippen LogP contribution in [0, 0.1) is 6.92 Å². The molecule has 3 rings (SSSR count). The van der Waals surface area contributed by atoms with Gasteiger partial charge in [0.15, 0.2) is 0 Å². The van der Waals surface area contributed by atoms with Crippen LogP contribution in [0.5, 0.6) is 0 Å². The van der Waals surface area contributed by atoms with Crippen LogP contribution < -0.4 is 5.32 Å². The lowest BCUT2D eigenvalue weighted by molar-refractivity contribution is 0.0940. The average Bonchev–Trinajstić information content (AvgIpc) is 2.98. The van der Waals surface area contributed by atoms with Crippen LogP contribution in [0.25, 0.3) is 0 Å². The monoisotopic (exact) mass is 291 g/mol. The summed E-state index contributed by atoms with van der Waals surface area (Å²) < 4.78 is 1.71. The van der Waals surface area contributed by atoms with Crippen molar-refractivity contribution < 1.29 is 4.79 Å². The third-order valence-corrected chi connectivity index (χ3v) is 4.34. The minimum Gasteiger partial charge on any atom is -0.344 e. The smallest absolute Gasteiger partial charge is 0.270 e. The molecule has 1 N–H and O–H groups in total. The second-order valence-corrected chi connectivity index (χ2v) is 6.27. The Morgan fingerprint density at radius 2 is 2.15 bits per heavy atom. The molecule has 0 saturated carbocycles. The highest BCUT2D eigenvalue weighted by Crippen LogP contribution is 2.23. The molecule has 0 radical (unpaired) electrons. The van der Waals surface area contributed by atoms with Crippen molar-refractivity contribution in [3.8, 4) is 0 Å². The van der Waals surface area contributed by atoms with Crippen LogP contribution in [-0.4, -0.2) is 25.9 Å². The lowest BCUT2D eigenvalue weighted by atomic mass is 9.95. The highest BCUT2D eigenvalue weighted by molar-refractivity contribution is 7.11. The Labute approximate surface area is 121 Å². The van der Waals surface area contributed by atoms with Crippen molar-refractivity contribution in [2.24, 2.45) is 7.05 Å². The summed E-state index contributed by atoms with van der Waals surface area (Å²) in [7, 11) is 1.84. The van der Waals surface area contributed by atoms with E-state index in [9.17, 15) is 4.79 Å². The summed E-state index contributed by atoms with van der Waals surface area (Å²) in [6.07, 6.45) is 4.22. The number of aromatic nitrogens is 4. The van der Waals surface area contributed by atoms with Crippen LogP contribution in [0.3, 0.4) is 0 Å². The summed E-state index contributed by atoms with van der Waals surface area (Å²) in [6, 6.07) is 0. The van der Waals surface area contributed by atoms with Crippen molar-refractivity contribution in [2.45, 2.75) is 39.2 Å². The second kappa shape index (κ2) is 5.32. The Bertz CT molecular complexity index is 645. The normalized spacial score (nSPS) is 14.1. The van der Waals surface area contributed by atoms with E-state index in [1.165, 1.54) is 11.3 Å². The molecule has 6 nitrogen and oxygen atoms in total. The van der Waals surface area contributed by atoms with Gasteiger partial charge in [-0.05, 0) is 32.6 Å². The minimum absolute atomic E-state index is 0.0731. The molecule has 106 valence electrons. The van der Waals surface area contributed by atoms with Gasteiger partial charge >= 0.3 is 0 Å². The van der Waals surface area contributed by atoms with E-state index in [0.717, 1.165) is 47.0 Å². The van der Waals surface area contributed by atoms with E-state index in [1.54, 1.807) is 4.68 Å². The number of hydrogen-bond acceptors (Lipinski definition) is 5. The van der Waals surface area contributed by atoms with Crippen molar-refractivity contribution in [2.75, 3.05) is 0 Å². The summed E-state index contributed by atoms with van der Waals surface area (Å²) in [5.41, 5.74) is 2.89. The number of rotatable bonds is 3. The van der Waals surface area contributed by atoms with Crippen LogP contribution in [0.1, 0.15) is 44.6 Å². The lowest BCUT2D eigenvalue weighted by Gasteiger charge is -2.11. The fraction of sp³-hybridized carbons (Fsp3) is 0.538. The van der Waals surface area contributed by atoms with Crippen LogP contribution in [0.2, 0.25) is 0 Å². The van der Waals surface area contributed by atoms with Gasteiger partial charge in [0.1, 0.15) is 15.7 Å². The summed E-state index contributed by atoms with van der Waals surface area (Å²) >= 11 is 1.50. The molecular formula is C13H17N5OS. The second-order valence-electron chi connectivity index (χ2n) is 5.00. The standard InChI is InChI=1S/C13H17N5OS/c1-8-15-16-11(20-8)7-14-13(19)12-9-5-3-4-6-10(9)17-18(12)2/h3-7H2,1-2H3,(H,14,19). The number of amides is 1. The van der Waals surface area contributed by atoms with Crippen molar-refractivity contribution in [1.82, 2.24) is 25.3 Å². The van der Waals surface area contributed by atoms with Gasteiger partial charge in [0.25, 0.3) is 5.91 Å². The molecule has 2 aromatic rings. The van der Waals surface area contributed by atoms with Gasteiger partial charge < -0.3 is 5.32 Å². The Balaban J connectivity index is 1.75. The maximum absolute atomic E-state index is 12.4. The Hall–Kier alpha value is -1.76.